The number of pyridine rings is 1. The van der Waals surface area contributed by atoms with Crippen LogP contribution in [0, 0.1) is 6.92 Å². The Kier molecular flexibility index (Phi) is 6.50. The molecule has 1 fully saturated rings. The Morgan fingerprint density at radius 2 is 2.14 bits per heavy atom. The van der Waals surface area contributed by atoms with Crippen molar-refractivity contribution >= 4 is 17.1 Å². The number of anilines is 1. The first-order chi connectivity index (χ1) is 14.1. The Bertz CT molecular complexity index is 1000. The number of benzene rings is 1. The molecule has 0 radical (unpaired) electrons. The molecule has 0 aliphatic heterocycles. The van der Waals surface area contributed by atoms with Crippen molar-refractivity contribution in [2.24, 2.45) is 0 Å². The standard InChI is InChI=1S/C23H27IN3O2/c1-16-11-18(17-5-4-6-19(9-8-17)24-15-28)13-20(12-16)26-23(29)21-14-25-27-10-3-2-7-22(21)27/h2-3,7,10-14,17,19,28H,4-6,8-9,15H2,1H3,(H,26,29)/q-1. The average molecular weight is 504 g/mol. The van der Waals surface area contributed by atoms with E-state index >= 15 is 0 Å². The van der Waals surface area contributed by atoms with Gasteiger partial charge in [0.2, 0.25) is 0 Å². The van der Waals surface area contributed by atoms with Gasteiger partial charge in [0.05, 0.1) is 0 Å². The van der Waals surface area contributed by atoms with Gasteiger partial charge in [-0.3, -0.25) is 0 Å². The van der Waals surface area contributed by atoms with E-state index in [0.717, 1.165) is 15.1 Å². The summed E-state index contributed by atoms with van der Waals surface area (Å²) < 4.78 is 2.87. The van der Waals surface area contributed by atoms with Crippen molar-refractivity contribution in [3.05, 3.63) is 65.5 Å². The third kappa shape index (κ3) is 4.80. The molecule has 1 saturated carbocycles. The molecule has 2 aromatic heterocycles. The molecule has 1 aliphatic carbocycles. The van der Waals surface area contributed by atoms with Crippen molar-refractivity contribution < 1.29 is 31.1 Å². The van der Waals surface area contributed by atoms with Crippen LogP contribution < -0.4 is 26.5 Å². The topological polar surface area (TPSA) is 66.6 Å². The number of fused-ring (bicyclic) bond motifs is 1. The number of hydrogen-bond donors (Lipinski definition) is 2. The molecule has 154 valence electrons. The summed E-state index contributed by atoms with van der Waals surface area (Å²) in [6.45, 7) is 2.09. The second-order valence-corrected chi connectivity index (χ2v) is 11.1. The zero-order chi connectivity index (χ0) is 20.2. The number of nitrogens with zero attached hydrogens (tertiary/aromatic N) is 2. The summed E-state index contributed by atoms with van der Waals surface area (Å²) in [5.74, 6) is 0.409. The molecule has 2 unspecified atom stereocenters. The molecule has 29 heavy (non-hydrogen) atoms. The van der Waals surface area contributed by atoms with Crippen LogP contribution in [-0.2, 0) is 0 Å². The van der Waals surface area contributed by atoms with E-state index in [1.807, 2.05) is 30.5 Å². The normalized spacial score (nSPS) is 19.9. The molecule has 2 atom stereocenters. The first-order valence-corrected chi connectivity index (χ1v) is 12.9. The van der Waals surface area contributed by atoms with Gasteiger partial charge in [0, 0.05) is 6.20 Å². The number of alkyl halides is 2. The molecule has 2 N–H and O–H groups in total. The fraction of sp³-hybridized carbons (Fsp3) is 0.391. The number of carbonyl (C=O) groups is 1. The first-order valence-electron chi connectivity index (χ1n) is 10.2. The zero-order valence-corrected chi connectivity index (χ0v) is 18.8. The van der Waals surface area contributed by atoms with Crippen LogP contribution in [0.1, 0.15) is 59.5 Å². The van der Waals surface area contributed by atoms with Gasteiger partial charge in [0.1, 0.15) is 0 Å². The van der Waals surface area contributed by atoms with Crippen molar-refractivity contribution in [1.82, 2.24) is 9.61 Å². The molecule has 3 aromatic rings. The summed E-state index contributed by atoms with van der Waals surface area (Å²) >= 11 is -0.0710. The summed E-state index contributed by atoms with van der Waals surface area (Å²) in [6.07, 6.45) is 9.54. The summed E-state index contributed by atoms with van der Waals surface area (Å²) in [5.41, 5.74) is 4.73. The molecule has 1 aromatic carbocycles. The predicted octanol–water partition coefficient (Wildman–Crippen LogP) is 1.35. The van der Waals surface area contributed by atoms with Gasteiger partial charge in [-0.05, 0) is 6.07 Å². The third-order valence-corrected chi connectivity index (χ3v) is 8.57. The Hall–Kier alpha value is -1.93. The van der Waals surface area contributed by atoms with E-state index in [1.165, 1.54) is 43.2 Å². The SMILES string of the molecule is Cc1cc(NC(=O)c2cnn3ccccc23)cc(C2CCCC([I-]CO)CC2)c1. The molecule has 2 heterocycles. The molecule has 5 nitrogen and oxygen atoms in total. The maximum atomic E-state index is 12.9. The number of carbonyl (C=O) groups excluding carboxylic acids is 1. The molecule has 4 rings (SSSR count). The van der Waals surface area contributed by atoms with Crippen LogP contribution in [0.15, 0.2) is 48.8 Å². The van der Waals surface area contributed by atoms with Crippen LogP contribution in [-0.4, -0.2) is 29.2 Å². The van der Waals surface area contributed by atoms with Crippen molar-refractivity contribution in [2.75, 3.05) is 9.93 Å². The van der Waals surface area contributed by atoms with Crippen molar-refractivity contribution in [2.45, 2.75) is 48.9 Å². The van der Waals surface area contributed by atoms with Crippen LogP contribution in [0.5, 0.6) is 0 Å². The number of halogens is 1. The molecule has 1 amide bonds. The van der Waals surface area contributed by atoms with Gasteiger partial charge in [-0.25, -0.2) is 0 Å². The third-order valence-electron chi connectivity index (χ3n) is 5.69. The Morgan fingerprint density at radius 1 is 1.24 bits per heavy atom. The van der Waals surface area contributed by atoms with Gasteiger partial charge in [0.25, 0.3) is 0 Å². The van der Waals surface area contributed by atoms with E-state index in [0.29, 0.717) is 16.1 Å². The number of aryl methyl sites for hydroxylation is 1. The van der Waals surface area contributed by atoms with Crippen LogP contribution in [0.25, 0.3) is 5.52 Å². The van der Waals surface area contributed by atoms with E-state index in [9.17, 15) is 9.90 Å². The minimum absolute atomic E-state index is 0.0710. The van der Waals surface area contributed by atoms with Gasteiger partial charge in [-0.15, -0.1) is 0 Å². The van der Waals surface area contributed by atoms with Gasteiger partial charge in [-0.1, -0.05) is 6.07 Å². The summed E-state index contributed by atoms with van der Waals surface area (Å²) in [6, 6.07) is 12.1. The second kappa shape index (κ2) is 9.26. The average Bonchev–Trinajstić information content (AvgIpc) is 3.00. The Labute approximate surface area is 181 Å². The number of aromatic nitrogens is 2. The number of hydrogen-bond acceptors (Lipinski definition) is 3. The molecule has 6 heteroatoms. The zero-order valence-electron chi connectivity index (χ0n) is 16.6. The Morgan fingerprint density at radius 3 is 3.00 bits per heavy atom. The molecular formula is C23H27IN3O2-. The molecule has 0 saturated heterocycles. The molecule has 0 spiro atoms. The van der Waals surface area contributed by atoms with Crippen LogP contribution >= 0.6 is 0 Å². The van der Waals surface area contributed by atoms with Gasteiger partial charge < -0.3 is 0 Å². The number of aliphatic hydroxyl groups is 1. The van der Waals surface area contributed by atoms with Crippen molar-refractivity contribution in [1.29, 1.82) is 0 Å². The van der Waals surface area contributed by atoms with Crippen molar-refractivity contribution in [3.63, 3.8) is 0 Å². The first kappa shape index (κ1) is 20.3. The van der Waals surface area contributed by atoms with Crippen LogP contribution in [0.4, 0.5) is 5.69 Å². The second-order valence-electron chi connectivity index (χ2n) is 7.75. The minimum atomic E-state index is -0.128. The predicted molar refractivity (Wildman–Crippen MR) is 111 cm³/mol. The number of rotatable bonds is 5. The fourth-order valence-electron chi connectivity index (χ4n) is 4.27. The van der Waals surface area contributed by atoms with Gasteiger partial charge >= 0.3 is 164 Å². The van der Waals surface area contributed by atoms with E-state index in [1.54, 1.807) is 10.7 Å². The van der Waals surface area contributed by atoms with E-state index < -0.39 is 0 Å². The van der Waals surface area contributed by atoms with Crippen molar-refractivity contribution in [3.8, 4) is 0 Å². The number of nitrogens with one attached hydrogen (secondary N) is 1. The van der Waals surface area contributed by atoms with Gasteiger partial charge in [-0.2, -0.15) is 0 Å². The number of amides is 1. The van der Waals surface area contributed by atoms with Crippen LogP contribution in [0.2, 0.25) is 0 Å². The molecule has 0 bridgehead atoms. The van der Waals surface area contributed by atoms with E-state index in [4.69, 9.17) is 0 Å². The molecule has 1 aliphatic rings. The van der Waals surface area contributed by atoms with E-state index in [2.05, 4.69) is 29.5 Å². The fourth-order valence-corrected chi connectivity index (χ4v) is 6.51. The monoisotopic (exact) mass is 504 g/mol. The number of aliphatic hydroxyl groups excluding tert-OH is 1. The van der Waals surface area contributed by atoms with Gasteiger partial charge in [0.15, 0.2) is 0 Å². The summed E-state index contributed by atoms with van der Waals surface area (Å²) in [4.78, 5) is 12.9. The molecular weight excluding hydrogens is 477 g/mol. The summed E-state index contributed by atoms with van der Waals surface area (Å²) in [5, 5.41) is 16.6. The van der Waals surface area contributed by atoms with E-state index in [-0.39, 0.29) is 27.1 Å². The summed E-state index contributed by atoms with van der Waals surface area (Å²) in [7, 11) is 0. The maximum absolute atomic E-state index is 12.9. The Balaban J connectivity index is 1.52. The van der Waals surface area contributed by atoms with Crippen LogP contribution in [0.3, 0.4) is 0 Å². The quantitative estimate of drug-likeness (QED) is 0.313.